The van der Waals surface area contributed by atoms with Crippen LogP contribution in [0.15, 0.2) is 42.5 Å². The molecule has 1 N–H and O–H groups in total. The van der Waals surface area contributed by atoms with Crippen molar-refractivity contribution in [2.75, 3.05) is 30.8 Å². The third-order valence-corrected chi connectivity index (χ3v) is 5.07. The van der Waals surface area contributed by atoms with E-state index in [4.69, 9.17) is 4.74 Å². The first-order valence-corrected chi connectivity index (χ1v) is 10.2. The van der Waals surface area contributed by atoms with E-state index >= 15 is 0 Å². The molecule has 0 atom stereocenters. The van der Waals surface area contributed by atoms with Crippen LogP contribution in [0.25, 0.3) is 0 Å². The van der Waals surface area contributed by atoms with Gasteiger partial charge in [-0.2, -0.15) is 0 Å². The molecule has 0 saturated heterocycles. The van der Waals surface area contributed by atoms with Gasteiger partial charge in [0.05, 0.1) is 19.1 Å². The highest BCUT2D eigenvalue weighted by Crippen LogP contribution is 2.30. The molecule has 0 aliphatic heterocycles. The first-order valence-electron chi connectivity index (χ1n) is 8.34. The van der Waals surface area contributed by atoms with E-state index in [1.54, 1.807) is 30.3 Å². The number of carbonyl (C=O) groups excluding carboxylic acids is 1. The molecule has 146 valence electrons. The minimum absolute atomic E-state index is 0.313. The summed E-state index contributed by atoms with van der Waals surface area (Å²) < 4.78 is 43.6. The number of ether oxygens (including phenoxy) is 1. The van der Waals surface area contributed by atoms with E-state index in [2.05, 4.69) is 5.32 Å². The second-order valence-electron chi connectivity index (χ2n) is 6.17. The van der Waals surface area contributed by atoms with Crippen LogP contribution < -0.4 is 14.4 Å². The summed E-state index contributed by atoms with van der Waals surface area (Å²) in [5, 5.41) is 2.69. The van der Waals surface area contributed by atoms with Crippen LogP contribution in [-0.4, -0.2) is 40.8 Å². The summed E-state index contributed by atoms with van der Waals surface area (Å²) in [5.41, 5.74) is 2.03. The van der Waals surface area contributed by atoms with Crippen molar-refractivity contribution in [3.05, 3.63) is 59.4 Å². The molecule has 27 heavy (non-hydrogen) atoms. The summed E-state index contributed by atoms with van der Waals surface area (Å²) in [5.74, 6) is -0.394. The van der Waals surface area contributed by atoms with Crippen LogP contribution in [0.4, 0.5) is 10.1 Å². The lowest BCUT2D eigenvalue weighted by atomic mass is 10.1. The molecule has 0 saturated carbocycles. The molecule has 0 spiro atoms. The zero-order valence-corrected chi connectivity index (χ0v) is 16.3. The van der Waals surface area contributed by atoms with Crippen molar-refractivity contribution in [3.63, 3.8) is 0 Å². The number of benzene rings is 2. The van der Waals surface area contributed by atoms with E-state index in [0.29, 0.717) is 24.4 Å². The van der Waals surface area contributed by atoms with Crippen LogP contribution in [-0.2, 0) is 21.2 Å². The number of aryl methyl sites for hydroxylation is 1. The fourth-order valence-electron chi connectivity index (χ4n) is 2.56. The second kappa shape index (κ2) is 8.85. The number of hydrogen-bond donors (Lipinski definition) is 1. The Morgan fingerprint density at radius 2 is 1.85 bits per heavy atom. The maximum Gasteiger partial charge on any atom is 0.240 e. The lowest BCUT2D eigenvalue weighted by molar-refractivity contribution is -0.119. The van der Waals surface area contributed by atoms with Gasteiger partial charge in [0, 0.05) is 6.54 Å². The van der Waals surface area contributed by atoms with Gasteiger partial charge in [-0.25, -0.2) is 12.8 Å². The SMILES string of the molecule is COc1ccc(C)cc1N(CC(=O)NCCc1ccc(F)cc1)S(C)(=O)=O. The van der Waals surface area contributed by atoms with Gasteiger partial charge in [0.15, 0.2) is 0 Å². The van der Waals surface area contributed by atoms with E-state index in [0.717, 1.165) is 21.7 Å². The van der Waals surface area contributed by atoms with Crippen LogP contribution in [0.3, 0.4) is 0 Å². The third kappa shape index (κ3) is 5.96. The summed E-state index contributed by atoms with van der Waals surface area (Å²) in [4.78, 5) is 12.3. The number of anilines is 1. The van der Waals surface area contributed by atoms with Gasteiger partial charge < -0.3 is 10.1 Å². The summed E-state index contributed by atoms with van der Waals surface area (Å²) in [6.07, 6.45) is 1.55. The highest BCUT2D eigenvalue weighted by Gasteiger charge is 2.24. The monoisotopic (exact) mass is 394 g/mol. The highest BCUT2D eigenvalue weighted by atomic mass is 32.2. The molecule has 2 rings (SSSR count). The van der Waals surface area contributed by atoms with E-state index in [1.807, 2.05) is 6.92 Å². The first kappa shape index (κ1) is 20.7. The number of methoxy groups -OCH3 is 1. The normalized spacial score (nSPS) is 11.1. The quantitative estimate of drug-likeness (QED) is 0.745. The summed E-state index contributed by atoms with van der Waals surface area (Å²) in [6, 6.07) is 11.1. The molecule has 6 nitrogen and oxygen atoms in total. The van der Waals surface area contributed by atoms with E-state index < -0.39 is 15.9 Å². The molecule has 0 heterocycles. The van der Waals surface area contributed by atoms with Crippen LogP contribution in [0.1, 0.15) is 11.1 Å². The summed E-state index contributed by atoms with van der Waals surface area (Å²) in [7, 11) is -2.25. The molecule has 2 aromatic rings. The molecule has 1 amide bonds. The van der Waals surface area contributed by atoms with Crippen molar-refractivity contribution in [1.29, 1.82) is 0 Å². The smallest absolute Gasteiger partial charge is 0.240 e. The van der Waals surface area contributed by atoms with Crippen LogP contribution >= 0.6 is 0 Å². The van der Waals surface area contributed by atoms with Gasteiger partial charge in [-0.3, -0.25) is 9.10 Å². The van der Waals surface area contributed by atoms with Gasteiger partial charge in [-0.1, -0.05) is 18.2 Å². The number of carbonyl (C=O) groups is 1. The fraction of sp³-hybridized carbons (Fsp3) is 0.316. The van der Waals surface area contributed by atoms with Crippen LogP contribution in [0, 0.1) is 12.7 Å². The Labute approximate surface area is 159 Å². The molecule has 0 aliphatic carbocycles. The second-order valence-corrected chi connectivity index (χ2v) is 8.08. The number of halogens is 1. The number of hydrogen-bond acceptors (Lipinski definition) is 4. The van der Waals surface area contributed by atoms with Crippen LogP contribution in [0.2, 0.25) is 0 Å². The summed E-state index contributed by atoms with van der Waals surface area (Å²) >= 11 is 0. The number of amides is 1. The summed E-state index contributed by atoms with van der Waals surface area (Å²) in [6.45, 7) is 1.78. The number of nitrogens with zero attached hydrogens (tertiary/aromatic N) is 1. The van der Waals surface area contributed by atoms with Gasteiger partial charge in [-0.05, 0) is 48.7 Å². The predicted molar refractivity (Wildman–Crippen MR) is 103 cm³/mol. The molecule has 0 bridgehead atoms. The lowest BCUT2D eigenvalue weighted by Gasteiger charge is -2.24. The molecule has 0 fully saturated rings. The lowest BCUT2D eigenvalue weighted by Crippen LogP contribution is -2.41. The Hall–Kier alpha value is -2.61. The maximum atomic E-state index is 12.9. The first-order chi connectivity index (χ1) is 12.7. The number of nitrogens with one attached hydrogen (secondary N) is 1. The molecule has 0 radical (unpaired) electrons. The Bertz CT molecular complexity index is 898. The van der Waals surface area contributed by atoms with Gasteiger partial charge in [0.25, 0.3) is 0 Å². The zero-order chi connectivity index (χ0) is 20.0. The molecule has 0 aromatic heterocycles. The van der Waals surface area contributed by atoms with Crippen LogP contribution in [0.5, 0.6) is 5.75 Å². The van der Waals surface area contributed by atoms with E-state index in [9.17, 15) is 17.6 Å². The van der Waals surface area contributed by atoms with Crippen molar-refractivity contribution in [3.8, 4) is 5.75 Å². The van der Waals surface area contributed by atoms with Crippen molar-refractivity contribution in [1.82, 2.24) is 5.32 Å². The minimum atomic E-state index is -3.69. The van der Waals surface area contributed by atoms with E-state index in [1.165, 1.54) is 19.2 Å². The molecule has 0 unspecified atom stereocenters. The number of rotatable bonds is 8. The van der Waals surface area contributed by atoms with Gasteiger partial charge in [0.1, 0.15) is 18.1 Å². The average Bonchev–Trinajstić information content (AvgIpc) is 2.60. The molecular formula is C19H23FN2O4S. The van der Waals surface area contributed by atoms with Crippen molar-refractivity contribution < 1.29 is 22.3 Å². The standard InChI is InChI=1S/C19H23FN2O4S/c1-14-4-9-18(26-2)17(12-14)22(27(3,24)25)13-19(23)21-11-10-15-5-7-16(20)8-6-15/h4-9,12H,10-11,13H2,1-3H3,(H,21,23). The Kier molecular flexibility index (Phi) is 6.79. The Morgan fingerprint density at radius 1 is 1.19 bits per heavy atom. The zero-order valence-electron chi connectivity index (χ0n) is 15.5. The fourth-order valence-corrected chi connectivity index (χ4v) is 3.41. The molecule has 8 heteroatoms. The molecular weight excluding hydrogens is 371 g/mol. The van der Waals surface area contributed by atoms with Crippen molar-refractivity contribution >= 4 is 21.6 Å². The predicted octanol–water partition coefficient (Wildman–Crippen LogP) is 2.27. The van der Waals surface area contributed by atoms with E-state index in [-0.39, 0.29) is 12.4 Å². The largest absolute Gasteiger partial charge is 0.495 e. The minimum Gasteiger partial charge on any atom is -0.495 e. The van der Waals surface area contributed by atoms with Gasteiger partial charge in [-0.15, -0.1) is 0 Å². The molecule has 2 aromatic carbocycles. The molecule has 0 aliphatic rings. The Morgan fingerprint density at radius 3 is 2.44 bits per heavy atom. The third-order valence-electron chi connectivity index (χ3n) is 3.94. The highest BCUT2D eigenvalue weighted by molar-refractivity contribution is 7.92. The maximum absolute atomic E-state index is 12.9. The Balaban J connectivity index is 2.07. The number of sulfonamides is 1. The van der Waals surface area contributed by atoms with Crippen molar-refractivity contribution in [2.24, 2.45) is 0 Å². The average molecular weight is 394 g/mol. The van der Waals surface area contributed by atoms with Crippen molar-refractivity contribution in [2.45, 2.75) is 13.3 Å². The van der Waals surface area contributed by atoms with Gasteiger partial charge >= 0.3 is 0 Å². The topological polar surface area (TPSA) is 75.7 Å². The van der Waals surface area contributed by atoms with Gasteiger partial charge in [0.2, 0.25) is 15.9 Å².